The largest absolute Gasteiger partial charge is 0.354 e. The third-order valence-corrected chi connectivity index (χ3v) is 8.86. The van der Waals surface area contributed by atoms with Crippen LogP contribution in [0.5, 0.6) is 0 Å². The highest BCUT2D eigenvalue weighted by Crippen LogP contribution is 2.34. The lowest BCUT2D eigenvalue weighted by molar-refractivity contribution is -0.140. The molecule has 0 unspecified atom stereocenters. The quantitative estimate of drug-likeness (QED) is 0.209. The smallest absolute Gasteiger partial charge is 0.244 e. The first-order valence-electron chi connectivity index (χ1n) is 12.9. The van der Waals surface area contributed by atoms with E-state index in [1.807, 2.05) is 37.3 Å². The molecule has 0 aliphatic carbocycles. The fraction of sp³-hybridized carbons (Fsp3) is 0.310. The van der Waals surface area contributed by atoms with Crippen molar-refractivity contribution in [3.63, 3.8) is 0 Å². The van der Waals surface area contributed by atoms with E-state index in [9.17, 15) is 18.0 Å². The number of benzene rings is 3. The van der Waals surface area contributed by atoms with Crippen LogP contribution in [0.15, 0.2) is 66.7 Å². The molecule has 0 aliphatic heterocycles. The molecular formula is C29H31Cl4N3O4S. The predicted octanol–water partition coefficient (Wildman–Crippen LogP) is 6.62. The highest BCUT2D eigenvalue weighted by atomic mass is 35.5. The van der Waals surface area contributed by atoms with Crippen molar-refractivity contribution < 1.29 is 18.0 Å². The van der Waals surface area contributed by atoms with E-state index in [-0.39, 0.29) is 34.6 Å². The summed E-state index contributed by atoms with van der Waals surface area (Å²) in [6, 6.07) is 17.6. The van der Waals surface area contributed by atoms with E-state index in [4.69, 9.17) is 46.4 Å². The minimum absolute atomic E-state index is 0.0159. The number of unbranched alkanes of at least 4 members (excludes halogenated alkanes) is 1. The molecule has 41 heavy (non-hydrogen) atoms. The number of amides is 2. The van der Waals surface area contributed by atoms with Gasteiger partial charge in [-0.3, -0.25) is 13.9 Å². The minimum Gasteiger partial charge on any atom is -0.354 e. The summed E-state index contributed by atoms with van der Waals surface area (Å²) in [7, 11) is -4.00. The van der Waals surface area contributed by atoms with Crippen LogP contribution in [0.25, 0.3) is 0 Å². The van der Waals surface area contributed by atoms with Gasteiger partial charge >= 0.3 is 0 Å². The number of rotatable bonds is 13. The molecule has 3 aromatic rings. The molecule has 1 atom stereocenters. The second kappa shape index (κ2) is 15.1. The zero-order valence-electron chi connectivity index (χ0n) is 22.6. The van der Waals surface area contributed by atoms with E-state index in [0.717, 1.165) is 29.0 Å². The summed E-state index contributed by atoms with van der Waals surface area (Å²) in [4.78, 5) is 29.1. The average Bonchev–Trinajstić information content (AvgIpc) is 2.92. The number of nitrogens with one attached hydrogen (secondary N) is 1. The first-order chi connectivity index (χ1) is 19.4. The van der Waals surface area contributed by atoms with E-state index in [2.05, 4.69) is 5.32 Å². The molecule has 2 amide bonds. The van der Waals surface area contributed by atoms with E-state index in [0.29, 0.717) is 22.2 Å². The molecular weight excluding hydrogens is 628 g/mol. The summed E-state index contributed by atoms with van der Waals surface area (Å²) in [5, 5.41) is 3.75. The lowest BCUT2D eigenvalue weighted by atomic mass is 10.0. The van der Waals surface area contributed by atoms with E-state index in [1.165, 1.54) is 23.1 Å². The molecule has 0 aliphatic rings. The maximum atomic E-state index is 14.1. The first kappa shape index (κ1) is 33.0. The van der Waals surface area contributed by atoms with Crippen LogP contribution < -0.4 is 9.62 Å². The molecule has 0 radical (unpaired) electrons. The van der Waals surface area contributed by atoms with E-state index in [1.54, 1.807) is 18.2 Å². The van der Waals surface area contributed by atoms with Crippen molar-refractivity contribution in [2.45, 2.75) is 38.8 Å². The Morgan fingerprint density at radius 1 is 0.927 bits per heavy atom. The van der Waals surface area contributed by atoms with Crippen LogP contribution in [0.1, 0.15) is 30.9 Å². The number of hydrogen-bond acceptors (Lipinski definition) is 4. The van der Waals surface area contributed by atoms with Crippen LogP contribution in [-0.4, -0.2) is 50.5 Å². The van der Waals surface area contributed by atoms with E-state index < -0.39 is 28.5 Å². The molecule has 220 valence electrons. The maximum Gasteiger partial charge on any atom is 0.244 e. The maximum absolute atomic E-state index is 14.1. The summed E-state index contributed by atoms with van der Waals surface area (Å²) in [5.41, 5.74) is 1.41. The SMILES string of the molecule is CCCCNC(=O)[C@@H](Cc1ccccc1)N(Cc1ccc(Cl)cc1Cl)C(=O)CN(c1cccc(Cl)c1Cl)S(C)(=O)=O. The van der Waals surface area contributed by atoms with Gasteiger partial charge in [0.05, 0.1) is 22.0 Å². The van der Waals surface area contributed by atoms with Gasteiger partial charge in [0.15, 0.2) is 0 Å². The number of sulfonamides is 1. The van der Waals surface area contributed by atoms with Gasteiger partial charge in [0.1, 0.15) is 12.6 Å². The van der Waals surface area contributed by atoms with Crippen LogP contribution >= 0.6 is 46.4 Å². The fourth-order valence-electron chi connectivity index (χ4n) is 4.17. The number of halogens is 4. The molecule has 7 nitrogen and oxygen atoms in total. The summed E-state index contributed by atoms with van der Waals surface area (Å²) in [6.45, 7) is 1.73. The van der Waals surface area contributed by atoms with Gasteiger partial charge in [-0.15, -0.1) is 0 Å². The Kier molecular flexibility index (Phi) is 12.2. The van der Waals surface area contributed by atoms with Gasteiger partial charge in [-0.1, -0.05) is 102 Å². The van der Waals surface area contributed by atoms with Crippen molar-refractivity contribution in [3.8, 4) is 0 Å². The standard InChI is InChI=1S/C29H31Cl4N3O4S/c1-3-4-15-34-29(38)26(16-20-9-6-5-7-10-20)35(18-21-13-14-22(30)17-24(21)32)27(37)19-36(41(2,39)40)25-12-8-11-23(31)28(25)33/h5-14,17,26H,3-4,15-16,18-19H2,1-2H3,(H,34,38)/t26-/m1/s1. The third kappa shape index (κ3) is 9.25. The lowest BCUT2D eigenvalue weighted by Gasteiger charge is -2.34. The molecule has 1 N–H and O–H groups in total. The summed E-state index contributed by atoms with van der Waals surface area (Å²) < 4.78 is 26.7. The summed E-state index contributed by atoms with van der Waals surface area (Å²) in [6.07, 6.45) is 2.79. The Balaban J connectivity index is 2.09. The van der Waals surface area contributed by atoms with Crippen molar-refractivity contribution >= 4 is 73.9 Å². The molecule has 0 heterocycles. The predicted molar refractivity (Wildman–Crippen MR) is 168 cm³/mol. The lowest BCUT2D eigenvalue weighted by Crippen LogP contribution is -2.53. The molecule has 3 aromatic carbocycles. The van der Waals surface area contributed by atoms with Crippen LogP contribution in [0.4, 0.5) is 5.69 Å². The number of anilines is 1. The van der Waals surface area contributed by atoms with Crippen LogP contribution in [0, 0.1) is 0 Å². The monoisotopic (exact) mass is 657 g/mol. The molecule has 12 heteroatoms. The van der Waals surface area contributed by atoms with Crippen molar-refractivity contribution in [1.29, 1.82) is 0 Å². The van der Waals surface area contributed by atoms with Crippen molar-refractivity contribution in [2.24, 2.45) is 0 Å². The molecule has 0 saturated carbocycles. The van der Waals surface area contributed by atoms with Crippen molar-refractivity contribution in [2.75, 3.05) is 23.7 Å². The number of hydrogen-bond donors (Lipinski definition) is 1. The van der Waals surface area contributed by atoms with Gasteiger partial charge in [-0.05, 0) is 41.8 Å². The first-order valence-corrected chi connectivity index (χ1v) is 16.2. The van der Waals surface area contributed by atoms with Gasteiger partial charge in [0.25, 0.3) is 0 Å². The Morgan fingerprint density at radius 3 is 2.27 bits per heavy atom. The van der Waals surface area contributed by atoms with Gasteiger partial charge in [0.2, 0.25) is 21.8 Å². The Hall–Kier alpha value is -2.49. The third-order valence-electron chi connectivity index (χ3n) is 6.34. The highest BCUT2D eigenvalue weighted by molar-refractivity contribution is 7.92. The summed E-state index contributed by atoms with van der Waals surface area (Å²) >= 11 is 25.1. The Bertz CT molecular complexity index is 1470. The van der Waals surface area contributed by atoms with Crippen LogP contribution in [-0.2, 0) is 32.6 Å². The number of carbonyl (C=O) groups excluding carboxylic acids is 2. The van der Waals surface area contributed by atoms with E-state index >= 15 is 0 Å². The molecule has 3 rings (SSSR count). The second-order valence-corrected chi connectivity index (χ2v) is 13.0. The zero-order chi connectivity index (χ0) is 30.2. The molecule has 0 aromatic heterocycles. The number of nitrogens with zero attached hydrogens (tertiary/aromatic N) is 2. The van der Waals surface area contributed by atoms with Crippen molar-refractivity contribution in [3.05, 3.63) is 97.9 Å². The van der Waals surface area contributed by atoms with Gasteiger partial charge in [-0.25, -0.2) is 8.42 Å². The van der Waals surface area contributed by atoms with Gasteiger partial charge in [0, 0.05) is 29.6 Å². The average molecular weight is 659 g/mol. The Labute approximate surface area is 261 Å². The molecule has 0 spiro atoms. The second-order valence-electron chi connectivity index (χ2n) is 9.45. The van der Waals surface area contributed by atoms with Gasteiger partial charge in [-0.2, -0.15) is 0 Å². The zero-order valence-corrected chi connectivity index (χ0v) is 26.5. The minimum atomic E-state index is -4.00. The van der Waals surface area contributed by atoms with Crippen molar-refractivity contribution in [1.82, 2.24) is 10.2 Å². The molecule has 0 bridgehead atoms. The van der Waals surface area contributed by atoms with Gasteiger partial charge < -0.3 is 10.2 Å². The van der Waals surface area contributed by atoms with Crippen LogP contribution in [0.3, 0.4) is 0 Å². The normalized spacial score (nSPS) is 12.0. The molecule has 0 fully saturated rings. The molecule has 0 saturated heterocycles. The summed E-state index contributed by atoms with van der Waals surface area (Å²) in [5.74, 6) is -1.00. The topological polar surface area (TPSA) is 86.8 Å². The highest BCUT2D eigenvalue weighted by Gasteiger charge is 2.34. The van der Waals surface area contributed by atoms with Crippen LogP contribution in [0.2, 0.25) is 20.1 Å². The fourth-order valence-corrected chi connectivity index (χ4v) is 5.94. The Morgan fingerprint density at radius 2 is 1.63 bits per heavy atom. The number of carbonyl (C=O) groups is 2.